The third kappa shape index (κ3) is 3.53. The van der Waals surface area contributed by atoms with Crippen LogP contribution >= 0.6 is 11.6 Å². The predicted molar refractivity (Wildman–Crippen MR) is 80.9 cm³/mol. The number of sulfonamides is 1. The van der Waals surface area contributed by atoms with Gasteiger partial charge in [0.1, 0.15) is 10.7 Å². The Kier molecular flexibility index (Phi) is 4.51. The normalized spacial score (nSPS) is 11.8. The van der Waals surface area contributed by atoms with Crippen molar-refractivity contribution in [1.82, 2.24) is 4.31 Å². The second-order valence-corrected chi connectivity index (χ2v) is 7.03. The summed E-state index contributed by atoms with van der Waals surface area (Å²) >= 11 is 5.78. The molecule has 0 heterocycles. The Labute approximate surface area is 128 Å². The van der Waals surface area contributed by atoms with Crippen molar-refractivity contribution in [2.45, 2.75) is 11.4 Å². The molecule has 0 saturated heterocycles. The minimum absolute atomic E-state index is 0.114. The van der Waals surface area contributed by atoms with Crippen LogP contribution in [0.2, 0.25) is 5.02 Å². The maximum absolute atomic E-state index is 13.8. The summed E-state index contributed by atoms with van der Waals surface area (Å²) in [7, 11) is -2.54. The second-order valence-electron chi connectivity index (χ2n) is 4.58. The molecule has 0 aliphatic rings. The van der Waals surface area contributed by atoms with E-state index in [0.29, 0.717) is 5.02 Å². The van der Waals surface area contributed by atoms with E-state index in [-0.39, 0.29) is 12.2 Å². The minimum Gasteiger partial charge on any atom is -0.399 e. The summed E-state index contributed by atoms with van der Waals surface area (Å²) in [5.41, 5.74) is 6.35. The van der Waals surface area contributed by atoms with Crippen LogP contribution < -0.4 is 5.73 Å². The van der Waals surface area contributed by atoms with Crippen LogP contribution in [0.3, 0.4) is 0 Å². The van der Waals surface area contributed by atoms with Gasteiger partial charge in [0.2, 0.25) is 10.0 Å². The lowest BCUT2D eigenvalue weighted by Gasteiger charge is -2.18. The molecule has 0 fully saturated rings. The van der Waals surface area contributed by atoms with Gasteiger partial charge in [-0.1, -0.05) is 23.7 Å². The van der Waals surface area contributed by atoms with Crippen LogP contribution in [0.5, 0.6) is 0 Å². The van der Waals surface area contributed by atoms with Crippen molar-refractivity contribution in [3.8, 4) is 0 Å². The minimum atomic E-state index is -3.92. The van der Waals surface area contributed by atoms with Gasteiger partial charge in [0.05, 0.1) is 0 Å². The van der Waals surface area contributed by atoms with E-state index in [1.165, 1.54) is 19.2 Å². The lowest BCUT2D eigenvalue weighted by Crippen LogP contribution is -2.27. The number of hydrogen-bond donors (Lipinski definition) is 1. The van der Waals surface area contributed by atoms with E-state index in [1.807, 2.05) is 0 Å². The zero-order chi connectivity index (χ0) is 15.6. The van der Waals surface area contributed by atoms with Gasteiger partial charge in [-0.25, -0.2) is 12.8 Å². The van der Waals surface area contributed by atoms with Gasteiger partial charge in [-0.2, -0.15) is 4.31 Å². The highest BCUT2D eigenvalue weighted by Gasteiger charge is 2.24. The third-order valence-corrected chi connectivity index (χ3v) is 5.05. The summed E-state index contributed by atoms with van der Waals surface area (Å²) in [6, 6.07) is 10.3. The molecular formula is C14H14ClFN2O2S. The fourth-order valence-electron chi connectivity index (χ4n) is 1.83. The highest BCUT2D eigenvalue weighted by molar-refractivity contribution is 7.89. The van der Waals surface area contributed by atoms with Gasteiger partial charge in [0, 0.05) is 24.3 Å². The van der Waals surface area contributed by atoms with Crippen molar-refractivity contribution < 1.29 is 12.8 Å². The van der Waals surface area contributed by atoms with Crippen LogP contribution in [0.25, 0.3) is 0 Å². The number of rotatable bonds is 4. The summed E-state index contributed by atoms with van der Waals surface area (Å²) in [6.45, 7) is 0.114. The average Bonchev–Trinajstić information content (AvgIpc) is 2.40. The first kappa shape index (κ1) is 15.8. The molecule has 0 amide bonds. The zero-order valence-corrected chi connectivity index (χ0v) is 12.8. The van der Waals surface area contributed by atoms with E-state index in [4.69, 9.17) is 17.3 Å². The van der Waals surface area contributed by atoms with Crippen LogP contribution in [-0.2, 0) is 16.6 Å². The molecule has 0 aromatic heterocycles. The topological polar surface area (TPSA) is 63.4 Å². The van der Waals surface area contributed by atoms with E-state index < -0.39 is 20.7 Å². The molecule has 112 valence electrons. The van der Waals surface area contributed by atoms with E-state index in [2.05, 4.69) is 0 Å². The van der Waals surface area contributed by atoms with Crippen LogP contribution in [0.1, 0.15) is 5.56 Å². The third-order valence-electron chi connectivity index (χ3n) is 2.96. The molecule has 0 bridgehead atoms. The van der Waals surface area contributed by atoms with E-state index in [1.54, 1.807) is 24.3 Å². The summed E-state index contributed by atoms with van der Waals surface area (Å²) in [6.07, 6.45) is 0. The van der Waals surface area contributed by atoms with E-state index in [0.717, 1.165) is 15.9 Å². The van der Waals surface area contributed by atoms with Gasteiger partial charge in [-0.3, -0.25) is 0 Å². The van der Waals surface area contributed by atoms with Crippen LogP contribution in [-0.4, -0.2) is 19.8 Å². The lowest BCUT2D eigenvalue weighted by atomic mass is 10.2. The van der Waals surface area contributed by atoms with Crippen molar-refractivity contribution in [2.24, 2.45) is 0 Å². The molecule has 0 unspecified atom stereocenters. The van der Waals surface area contributed by atoms with Crippen molar-refractivity contribution in [1.29, 1.82) is 0 Å². The molecule has 0 aliphatic heterocycles. The largest absolute Gasteiger partial charge is 0.399 e. The smallest absolute Gasteiger partial charge is 0.246 e. The average molecular weight is 329 g/mol. The van der Waals surface area contributed by atoms with Crippen molar-refractivity contribution in [3.05, 3.63) is 58.9 Å². The maximum atomic E-state index is 13.8. The Morgan fingerprint density at radius 3 is 2.38 bits per heavy atom. The summed E-state index contributed by atoms with van der Waals surface area (Å²) in [5.74, 6) is -0.863. The molecule has 2 rings (SSSR count). The van der Waals surface area contributed by atoms with Gasteiger partial charge in [-0.05, 0) is 35.9 Å². The molecular weight excluding hydrogens is 315 g/mol. The van der Waals surface area contributed by atoms with Gasteiger partial charge in [0.25, 0.3) is 0 Å². The molecule has 0 atom stereocenters. The summed E-state index contributed by atoms with van der Waals surface area (Å²) in [5, 5.41) is 0.564. The number of nitrogens with zero attached hydrogens (tertiary/aromatic N) is 1. The molecule has 7 heteroatoms. The van der Waals surface area contributed by atoms with Crippen molar-refractivity contribution in [3.63, 3.8) is 0 Å². The number of nitrogens with two attached hydrogens (primary N) is 1. The molecule has 21 heavy (non-hydrogen) atoms. The molecule has 2 aromatic rings. The Bertz CT molecular complexity index is 748. The summed E-state index contributed by atoms with van der Waals surface area (Å²) < 4.78 is 39.6. The SMILES string of the molecule is CN(Cc1ccc(Cl)cc1)S(=O)(=O)c1ccc(N)cc1F. The molecule has 4 nitrogen and oxygen atoms in total. The number of benzene rings is 2. The van der Waals surface area contributed by atoms with Crippen molar-refractivity contribution >= 4 is 27.3 Å². The molecule has 0 spiro atoms. The first-order valence-corrected chi connectivity index (χ1v) is 7.88. The molecule has 0 aliphatic carbocycles. The van der Waals surface area contributed by atoms with Crippen LogP contribution in [0, 0.1) is 5.82 Å². The highest BCUT2D eigenvalue weighted by Crippen LogP contribution is 2.22. The molecule has 0 saturated carbocycles. The first-order chi connectivity index (χ1) is 9.80. The Morgan fingerprint density at radius 1 is 1.19 bits per heavy atom. The Balaban J connectivity index is 2.28. The number of anilines is 1. The number of nitrogen functional groups attached to an aromatic ring is 1. The molecule has 0 radical (unpaired) electrons. The van der Waals surface area contributed by atoms with Gasteiger partial charge >= 0.3 is 0 Å². The maximum Gasteiger partial charge on any atom is 0.246 e. The second kappa shape index (κ2) is 6.01. The fourth-order valence-corrected chi connectivity index (χ4v) is 3.15. The van der Waals surface area contributed by atoms with Crippen LogP contribution in [0.4, 0.5) is 10.1 Å². The van der Waals surface area contributed by atoms with E-state index >= 15 is 0 Å². The zero-order valence-electron chi connectivity index (χ0n) is 11.3. The van der Waals surface area contributed by atoms with Gasteiger partial charge in [0.15, 0.2) is 0 Å². The predicted octanol–water partition coefficient (Wildman–Crippen LogP) is 2.88. The standard InChI is InChI=1S/C14H14ClFN2O2S/c1-18(9-10-2-4-11(15)5-3-10)21(19,20)14-7-6-12(17)8-13(14)16/h2-8H,9,17H2,1H3. The molecule has 2 aromatic carbocycles. The fraction of sp³-hybridized carbons (Fsp3) is 0.143. The van der Waals surface area contributed by atoms with Gasteiger partial charge < -0.3 is 5.73 Å². The van der Waals surface area contributed by atoms with Crippen molar-refractivity contribution in [2.75, 3.05) is 12.8 Å². The lowest BCUT2D eigenvalue weighted by molar-refractivity contribution is 0.460. The highest BCUT2D eigenvalue weighted by atomic mass is 35.5. The first-order valence-electron chi connectivity index (χ1n) is 6.06. The number of halogens is 2. The van der Waals surface area contributed by atoms with Crippen LogP contribution in [0.15, 0.2) is 47.4 Å². The Morgan fingerprint density at radius 2 is 1.81 bits per heavy atom. The Hall–Kier alpha value is -1.63. The van der Waals surface area contributed by atoms with E-state index in [9.17, 15) is 12.8 Å². The number of hydrogen-bond acceptors (Lipinski definition) is 3. The molecule has 2 N–H and O–H groups in total. The van der Waals surface area contributed by atoms with Gasteiger partial charge in [-0.15, -0.1) is 0 Å². The monoisotopic (exact) mass is 328 g/mol. The quantitative estimate of drug-likeness (QED) is 0.878. The summed E-state index contributed by atoms with van der Waals surface area (Å²) in [4.78, 5) is -0.395.